The lowest BCUT2D eigenvalue weighted by Crippen LogP contribution is -2.37. The van der Waals surface area contributed by atoms with E-state index in [1.165, 1.54) is 23.5 Å². The number of ether oxygens (including phenoxy) is 1. The summed E-state index contributed by atoms with van der Waals surface area (Å²) in [7, 11) is -0.399. The van der Waals surface area contributed by atoms with Crippen molar-refractivity contribution in [1.29, 1.82) is 0 Å². The van der Waals surface area contributed by atoms with Gasteiger partial charge in [0, 0.05) is 24.9 Å². The molecule has 0 aliphatic carbocycles. The summed E-state index contributed by atoms with van der Waals surface area (Å²) in [4.78, 5) is 0.146. The smallest absolute Gasteiger partial charge is 0.245 e. The first-order valence-electron chi connectivity index (χ1n) is 5.96. The second kappa shape index (κ2) is 5.60. The van der Waals surface area contributed by atoms with E-state index in [1.807, 2.05) is 0 Å². The van der Waals surface area contributed by atoms with Crippen molar-refractivity contribution in [2.75, 3.05) is 31.4 Å². The molecule has 0 spiro atoms. The molecule has 1 fully saturated rings. The second-order valence-corrected chi connectivity index (χ2v) is 7.56. The molecule has 7 heteroatoms. The van der Waals surface area contributed by atoms with Crippen LogP contribution in [0.15, 0.2) is 23.1 Å². The molecule has 2 N–H and O–H groups in total. The van der Waals surface area contributed by atoms with Gasteiger partial charge < -0.3 is 10.5 Å². The van der Waals surface area contributed by atoms with Gasteiger partial charge in [0.15, 0.2) is 0 Å². The Kier molecular flexibility index (Phi) is 4.27. The van der Waals surface area contributed by atoms with Crippen LogP contribution in [0.3, 0.4) is 0 Å². The Balaban J connectivity index is 2.33. The summed E-state index contributed by atoms with van der Waals surface area (Å²) in [6.45, 7) is 0. The van der Waals surface area contributed by atoms with Crippen molar-refractivity contribution < 1.29 is 13.2 Å². The monoisotopic (exact) mass is 302 g/mol. The van der Waals surface area contributed by atoms with Crippen LogP contribution < -0.4 is 10.5 Å². The zero-order valence-corrected chi connectivity index (χ0v) is 12.6. The van der Waals surface area contributed by atoms with Crippen molar-refractivity contribution in [1.82, 2.24) is 4.31 Å². The SMILES string of the molecule is COc1ccc(S(=O)(=O)N(C)C2CCSC2)c(N)c1. The lowest BCUT2D eigenvalue weighted by atomic mass is 10.3. The first-order valence-corrected chi connectivity index (χ1v) is 8.55. The molecule has 19 heavy (non-hydrogen) atoms. The predicted octanol–water partition coefficient (Wildman–Crippen LogP) is 1.40. The Morgan fingerprint density at radius 3 is 2.74 bits per heavy atom. The normalized spacial score (nSPS) is 19.8. The number of nitrogen functional groups attached to an aromatic ring is 1. The van der Waals surface area contributed by atoms with Crippen LogP contribution >= 0.6 is 11.8 Å². The quantitative estimate of drug-likeness (QED) is 0.851. The molecule has 0 amide bonds. The Bertz CT molecular complexity index is 554. The van der Waals surface area contributed by atoms with E-state index >= 15 is 0 Å². The zero-order valence-electron chi connectivity index (χ0n) is 11.0. The molecule has 1 aliphatic heterocycles. The fourth-order valence-corrected chi connectivity index (χ4v) is 4.89. The van der Waals surface area contributed by atoms with Gasteiger partial charge in [-0.3, -0.25) is 0 Å². The van der Waals surface area contributed by atoms with Gasteiger partial charge in [-0.25, -0.2) is 8.42 Å². The minimum atomic E-state index is -3.54. The van der Waals surface area contributed by atoms with E-state index in [-0.39, 0.29) is 16.6 Å². The average molecular weight is 302 g/mol. The van der Waals surface area contributed by atoms with E-state index in [0.717, 1.165) is 17.9 Å². The topological polar surface area (TPSA) is 72.6 Å². The summed E-state index contributed by atoms with van der Waals surface area (Å²) in [6.07, 6.45) is 0.885. The number of rotatable bonds is 4. The number of methoxy groups -OCH3 is 1. The van der Waals surface area contributed by atoms with Gasteiger partial charge in [-0.2, -0.15) is 16.1 Å². The van der Waals surface area contributed by atoms with Crippen LogP contribution in [-0.2, 0) is 10.0 Å². The second-order valence-electron chi connectivity index (χ2n) is 4.44. The molecule has 0 aromatic heterocycles. The van der Waals surface area contributed by atoms with Crippen molar-refractivity contribution >= 4 is 27.5 Å². The Labute approximate surface area is 118 Å². The largest absolute Gasteiger partial charge is 0.497 e. The number of benzene rings is 1. The van der Waals surface area contributed by atoms with Gasteiger partial charge in [0.25, 0.3) is 0 Å². The molecule has 0 bridgehead atoms. The molecular formula is C12H18N2O3S2. The Morgan fingerprint density at radius 2 is 2.21 bits per heavy atom. The van der Waals surface area contributed by atoms with E-state index in [4.69, 9.17) is 10.5 Å². The molecule has 1 heterocycles. The molecule has 1 aromatic rings. The number of sulfonamides is 1. The average Bonchev–Trinajstić information content (AvgIpc) is 2.90. The lowest BCUT2D eigenvalue weighted by Gasteiger charge is -2.23. The van der Waals surface area contributed by atoms with E-state index in [1.54, 1.807) is 24.9 Å². The summed E-state index contributed by atoms with van der Waals surface area (Å²) < 4.78 is 31.5. The van der Waals surface area contributed by atoms with E-state index in [2.05, 4.69) is 0 Å². The maximum atomic E-state index is 12.5. The van der Waals surface area contributed by atoms with Crippen molar-refractivity contribution in [2.45, 2.75) is 17.4 Å². The standard InChI is InChI=1S/C12H18N2O3S2/c1-14(9-5-6-18-8-9)19(15,16)12-4-3-10(17-2)7-11(12)13/h3-4,7,9H,5-6,8,13H2,1-2H3. The highest BCUT2D eigenvalue weighted by Crippen LogP contribution is 2.30. The molecule has 0 saturated carbocycles. The van der Waals surface area contributed by atoms with Crippen molar-refractivity contribution in [3.8, 4) is 5.75 Å². The molecule has 106 valence electrons. The molecule has 1 saturated heterocycles. The van der Waals surface area contributed by atoms with Crippen LogP contribution in [0.1, 0.15) is 6.42 Å². The highest BCUT2D eigenvalue weighted by atomic mass is 32.2. The van der Waals surface area contributed by atoms with E-state index in [0.29, 0.717) is 5.75 Å². The molecule has 1 aromatic carbocycles. The van der Waals surface area contributed by atoms with Crippen LogP contribution in [0.5, 0.6) is 5.75 Å². The van der Waals surface area contributed by atoms with E-state index in [9.17, 15) is 8.42 Å². The molecule has 2 rings (SSSR count). The Hall–Kier alpha value is -0.920. The van der Waals surface area contributed by atoms with Crippen LogP contribution in [-0.4, -0.2) is 44.4 Å². The summed E-state index contributed by atoms with van der Waals surface area (Å²) in [6, 6.07) is 4.70. The van der Waals surface area contributed by atoms with Crippen molar-refractivity contribution in [3.05, 3.63) is 18.2 Å². The number of hydrogen-bond donors (Lipinski definition) is 1. The molecule has 1 atom stereocenters. The molecule has 1 unspecified atom stereocenters. The first kappa shape index (κ1) is 14.5. The first-order chi connectivity index (χ1) is 8.96. The lowest BCUT2D eigenvalue weighted by molar-refractivity contribution is 0.394. The fourth-order valence-electron chi connectivity index (χ4n) is 2.05. The van der Waals surface area contributed by atoms with Gasteiger partial charge in [0.2, 0.25) is 10.0 Å². The maximum Gasteiger partial charge on any atom is 0.245 e. The summed E-state index contributed by atoms with van der Waals surface area (Å²) >= 11 is 1.77. The van der Waals surface area contributed by atoms with Gasteiger partial charge in [0.1, 0.15) is 10.6 Å². The highest BCUT2D eigenvalue weighted by Gasteiger charge is 2.31. The third kappa shape index (κ3) is 2.82. The molecular weight excluding hydrogens is 284 g/mol. The summed E-state index contributed by atoms with van der Waals surface area (Å²) in [5.74, 6) is 2.39. The fraction of sp³-hybridized carbons (Fsp3) is 0.500. The third-order valence-electron chi connectivity index (χ3n) is 3.29. The van der Waals surface area contributed by atoms with Gasteiger partial charge in [0.05, 0.1) is 12.8 Å². The van der Waals surface area contributed by atoms with Gasteiger partial charge in [-0.05, 0) is 24.3 Å². The van der Waals surface area contributed by atoms with Crippen molar-refractivity contribution in [3.63, 3.8) is 0 Å². The zero-order chi connectivity index (χ0) is 14.0. The number of hydrogen-bond acceptors (Lipinski definition) is 5. The van der Waals surface area contributed by atoms with Gasteiger partial charge in [-0.15, -0.1) is 0 Å². The minimum Gasteiger partial charge on any atom is -0.497 e. The van der Waals surface area contributed by atoms with Gasteiger partial charge >= 0.3 is 0 Å². The van der Waals surface area contributed by atoms with Crippen molar-refractivity contribution in [2.24, 2.45) is 0 Å². The maximum absolute atomic E-state index is 12.5. The minimum absolute atomic E-state index is 0.0523. The molecule has 0 radical (unpaired) electrons. The number of anilines is 1. The summed E-state index contributed by atoms with van der Waals surface area (Å²) in [5.41, 5.74) is 6.05. The van der Waals surface area contributed by atoms with Crippen LogP contribution in [0.25, 0.3) is 0 Å². The van der Waals surface area contributed by atoms with Crippen LogP contribution in [0, 0.1) is 0 Å². The molecule has 1 aliphatic rings. The van der Waals surface area contributed by atoms with E-state index < -0.39 is 10.0 Å². The Morgan fingerprint density at radius 1 is 1.47 bits per heavy atom. The number of nitrogens with zero attached hydrogens (tertiary/aromatic N) is 1. The predicted molar refractivity (Wildman–Crippen MR) is 78.1 cm³/mol. The van der Waals surface area contributed by atoms with Gasteiger partial charge in [-0.1, -0.05) is 0 Å². The highest BCUT2D eigenvalue weighted by molar-refractivity contribution is 7.99. The molecule has 5 nitrogen and oxygen atoms in total. The third-order valence-corrected chi connectivity index (χ3v) is 6.42. The van der Waals surface area contributed by atoms with Crippen LogP contribution in [0.4, 0.5) is 5.69 Å². The number of nitrogens with two attached hydrogens (primary N) is 1. The summed E-state index contributed by atoms with van der Waals surface area (Å²) in [5, 5.41) is 0. The number of thioether (sulfide) groups is 1. The van der Waals surface area contributed by atoms with Crippen LogP contribution in [0.2, 0.25) is 0 Å².